The Kier molecular flexibility index (Phi) is 5.24. The average Bonchev–Trinajstić information content (AvgIpc) is 2.41. The Balaban J connectivity index is 2.02. The van der Waals surface area contributed by atoms with Gasteiger partial charge in [0, 0.05) is 25.6 Å². The van der Waals surface area contributed by atoms with Crippen molar-refractivity contribution in [3.8, 4) is 0 Å². The van der Waals surface area contributed by atoms with E-state index in [0.717, 1.165) is 5.56 Å². The number of halogens is 2. The Labute approximate surface area is 111 Å². The molecule has 0 unspecified atom stereocenters. The van der Waals surface area contributed by atoms with Gasteiger partial charge in [-0.1, -0.05) is 30.3 Å². The second-order valence-electron chi connectivity index (χ2n) is 4.83. The molecule has 0 spiro atoms. The number of morpholine rings is 1. The molecule has 0 radical (unpaired) electrons. The van der Waals surface area contributed by atoms with Gasteiger partial charge in [0.25, 0.3) is 0 Å². The maximum Gasteiger partial charge on any atom is 0.240 e. The quantitative estimate of drug-likeness (QED) is 0.888. The minimum Gasteiger partial charge on any atom is -0.394 e. The average molecular weight is 271 g/mol. The van der Waals surface area contributed by atoms with Gasteiger partial charge < -0.3 is 9.84 Å². The first-order valence-corrected chi connectivity index (χ1v) is 6.47. The van der Waals surface area contributed by atoms with E-state index in [1.807, 2.05) is 35.2 Å². The molecule has 1 aromatic rings. The van der Waals surface area contributed by atoms with Crippen LogP contribution in [-0.2, 0) is 11.3 Å². The van der Waals surface area contributed by atoms with Crippen molar-refractivity contribution in [3.05, 3.63) is 35.9 Å². The minimum absolute atomic E-state index is 0.0767. The molecule has 1 aliphatic heterocycles. The summed E-state index contributed by atoms with van der Waals surface area (Å²) in [6.07, 6.45) is -2.81. The van der Waals surface area contributed by atoms with Gasteiger partial charge in [0.2, 0.25) is 6.43 Å². The van der Waals surface area contributed by atoms with E-state index < -0.39 is 6.43 Å². The van der Waals surface area contributed by atoms with Gasteiger partial charge in [0.05, 0.1) is 19.3 Å². The molecular weight excluding hydrogens is 252 g/mol. The number of benzene rings is 1. The standard InChI is InChI=1S/C14H19F2NO2/c15-14(16)6-12-10-19-13(9-18)8-17(12)7-11-4-2-1-3-5-11/h1-5,12-14,18H,6-10H2/t12-,13+/m0/s1. The Morgan fingerprint density at radius 3 is 2.68 bits per heavy atom. The van der Waals surface area contributed by atoms with E-state index in [2.05, 4.69) is 0 Å². The lowest BCUT2D eigenvalue weighted by atomic mass is 10.1. The zero-order valence-electron chi connectivity index (χ0n) is 10.7. The summed E-state index contributed by atoms with van der Waals surface area (Å²) in [6.45, 7) is 1.27. The Morgan fingerprint density at radius 1 is 1.32 bits per heavy atom. The van der Waals surface area contributed by atoms with Crippen LogP contribution < -0.4 is 0 Å². The molecule has 0 saturated carbocycles. The van der Waals surface area contributed by atoms with Crippen LogP contribution >= 0.6 is 0 Å². The number of rotatable bonds is 5. The first-order valence-electron chi connectivity index (χ1n) is 6.47. The lowest BCUT2D eigenvalue weighted by molar-refractivity contribution is -0.0962. The van der Waals surface area contributed by atoms with E-state index in [1.165, 1.54) is 0 Å². The summed E-state index contributed by atoms with van der Waals surface area (Å²) in [7, 11) is 0. The van der Waals surface area contributed by atoms with E-state index in [1.54, 1.807) is 0 Å². The molecule has 1 saturated heterocycles. The van der Waals surface area contributed by atoms with Gasteiger partial charge >= 0.3 is 0 Å². The van der Waals surface area contributed by atoms with Crippen LogP contribution in [0.25, 0.3) is 0 Å². The van der Waals surface area contributed by atoms with E-state index in [4.69, 9.17) is 9.84 Å². The van der Waals surface area contributed by atoms with Crippen LogP contribution in [0.1, 0.15) is 12.0 Å². The minimum atomic E-state index is -2.34. The fourth-order valence-corrected chi connectivity index (χ4v) is 2.36. The Hall–Kier alpha value is -1.04. The maximum atomic E-state index is 12.6. The SMILES string of the molecule is OC[C@H]1CN(Cc2ccccc2)[C@@H](CC(F)F)CO1. The van der Waals surface area contributed by atoms with Crippen LogP contribution in [0.4, 0.5) is 8.78 Å². The number of nitrogens with zero attached hydrogens (tertiary/aromatic N) is 1. The smallest absolute Gasteiger partial charge is 0.240 e. The summed E-state index contributed by atoms with van der Waals surface area (Å²) in [5.41, 5.74) is 1.08. The fraction of sp³-hybridized carbons (Fsp3) is 0.571. The van der Waals surface area contributed by atoms with E-state index in [-0.39, 0.29) is 31.8 Å². The molecule has 0 aliphatic carbocycles. The predicted molar refractivity (Wildman–Crippen MR) is 68.1 cm³/mol. The number of hydrogen-bond donors (Lipinski definition) is 1. The molecule has 106 valence electrons. The fourth-order valence-electron chi connectivity index (χ4n) is 2.36. The van der Waals surface area contributed by atoms with Crippen molar-refractivity contribution >= 4 is 0 Å². The summed E-state index contributed by atoms with van der Waals surface area (Å²) in [5.74, 6) is 0. The van der Waals surface area contributed by atoms with Crippen LogP contribution in [0.5, 0.6) is 0 Å². The van der Waals surface area contributed by atoms with Gasteiger partial charge in [-0.3, -0.25) is 4.90 Å². The van der Waals surface area contributed by atoms with Crippen molar-refractivity contribution in [3.63, 3.8) is 0 Å². The molecule has 19 heavy (non-hydrogen) atoms. The lowest BCUT2D eigenvalue weighted by Gasteiger charge is -2.39. The van der Waals surface area contributed by atoms with Gasteiger partial charge in [0.15, 0.2) is 0 Å². The van der Waals surface area contributed by atoms with Crippen LogP contribution in [-0.4, -0.2) is 48.3 Å². The van der Waals surface area contributed by atoms with Gasteiger partial charge in [-0.05, 0) is 5.56 Å². The van der Waals surface area contributed by atoms with Gasteiger partial charge in [0.1, 0.15) is 0 Å². The van der Waals surface area contributed by atoms with Gasteiger partial charge in [-0.2, -0.15) is 0 Å². The third-order valence-corrected chi connectivity index (χ3v) is 3.36. The molecule has 2 rings (SSSR count). The van der Waals surface area contributed by atoms with Crippen molar-refractivity contribution in [1.29, 1.82) is 0 Å². The highest BCUT2D eigenvalue weighted by molar-refractivity contribution is 5.14. The molecular formula is C14H19F2NO2. The molecule has 1 N–H and O–H groups in total. The molecule has 1 heterocycles. The molecule has 0 amide bonds. The number of aliphatic hydroxyl groups excluding tert-OH is 1. The van der Waals surface area contributed by atoms with E-state index >= 15 is 0 Å². The van der Waals surface area contributed by atoms with Crippen LogP contribution in [0.15, 0.2) is 30.3 Å². The molecule has 2 atom stereocenters. The topological polar surface area (TPSA) is 32.7 Å². The zero-order chi connectivity index (χ0) is 13.7. The molecule has 1 aliphatic rings. The number of aliphatic hydroxyl groups is 1. The first-order chi connectivity index (χ1) is 9.19. The van der Waals surface area contributed by atoms with Crippen molar-refractivity contribution in [1.82, 2.24) is 4.90 Å². The Morgan fingerprint density at radius 2 is 2.05 bits per heavy atom. The Bertz CT molecular complexity index is 375. The summed E-state index contributed by atoms with van der Waals surface area (Å²) in [6, 6.07) is 9.45. The van der Waals surface area contributed by atoms with Crippen molar-refractivity contribution in [2.75, 3.05) is 19.8 Å². The third-order valence-electron chi connectivity index (χ3n) is 3.36. The lowest BCUT2D eigenvalue weighted by Crippen LogP contribution is -2.50. The van der Waals surface area contributed by atoms with E-state index in [9.17, 15) is 8.78 Å². The molecule has 5 heteroatoms. The monoisotopic (exact) mass is 271 g/mol. The summed E-state index contributed by atoms with van der Waals surface area (Å²) >= 11 is 0. The summed E-state index contributed by atoms with van der Waals surface area (Å²) < 4.78 is 30.5. The van der Waals surface area contributed by atoms with Crippen molar-refractivity contribution in [2.45, 2.75) is 31.5 Å². The highest BCUT2D eigenvalue weighted by Gasteiger charge is 2.30. The predicted octanol–water partition coefficient (Wildman–Crippen LogP) is 1.90. The summed E-state index contributed by atoms with van der Waals surface area (Å²) in [5, 5.41) is 9.14. The van der Waals surface area contributed by atoms with Crippen molar-refractivity contribution in [2.24, 2.45) is 0 Å². The van der Waals surface area contributed by atoms with E-state index in [0.29, 0.717) is 13.1 Å². The molecule has 1 fully saturated rings. The van der Waals surface area contributed by atoms with Crippen molar-refractivity contribution < 1.29 is 18.6 Å². The zero-order valence-corrected chi connectivity index (χ0v) is 10.7. The van der Waals surface area contributed by atoms with Crippen LogP contribution in [0, 0.1) is 0 Å². The van der Waals surface area contributed by atoms with Crippen LogP contribution in [0.3, 0.4) is 0 Å². The number of hydrogen-bond acceptors (Lipinski definition) is 3. The largest absolute Gasteiger partial charge is 0.394 e. The second-order valence-corrected chi connectivity index (χ2v) is 4.83. The second kappa shape index (κ2) is 6.93. The highest BCUT2D eigenvalue weighted by atomic mass is 19.3. The molecule has 1 aromatic carbocycles. The number of alkyl halides is 2. The normalized spacial score (nSPS) is 24.8. The molecule has 0 bridgehead atoms. The third kappa shape index (κ3) is 4.23. The van der Waals surface area contributed by atoms with Gasteiger partial charge in [-0.15, -0.1) is 0 Å². The maximum absolute atomic E-state index is 12.6. The van der Waals surface area contributed by atoms with Gasteiger partial charge in [-0.25, -0.2) is 8.78 Å². The molecule has 3 nitrogen and oxygen atoms in total. The van der Waals surface area contributed by atoms with Crippen LogP contribution in [0.2, 0.25) is 0 Å². The molecule has 0 aromatic heterocycles. The summed E-state index contributed by atoms with van der Waals surface area (Å²) in [4.78, 5) is 1.98. The first kappa shape index (κ1) is 14.4. The number of ether oxygens (including phenoxy) is 1. The highest BCUT2D eigenvalue weighted by Crippen LogP contribution is 2.20.